The fourth-order valence-corrected chi connectivity index (χ4v) is 2.49. The third-order valence-electron chi connectivity index (χ3n) is 3.53. The van der Waals surface area contributed by atoms with E-state index >= 15 is 0 Å². The van der Waals surface area contributed by atoms with Crippen molar-refractivity contribution >= 4 is 0 Å². The molecule has 1 heterocycles. The fourth-order valence-electron chi connectivity index (χ4n) is 2.49. The number of hydrogen-bond acceptors (Lipinski definition) is 2. The number of halogens is 1. The molecular formula is C10H18FNO. The normalized spacial score (nSPS) is 34.2. The van der Waals surface area contributed by atoms with Gasteiger partial charge >= 0.3 is 0 Å². The van der Waals surface area contributed by atoms with Gasteiger partial charge in [0.25, 0.3) is 0 Å². The minimum Gasteiger partial charge on any atom is -0.375 e. The van der Waals surface area contributed by atoms with E-state index in [4.69, 9.17) is 10.5 Å². The van der Waals surface area contributed by atoms with Crippen LogP contribution in [0, 0.1) is 5.92 Å². The van der Waals surface area contributed by atoms with Gasteiger partial charge in [-0.05, 0) is 38.0 Å². The maximum atomic E-state index is 13.3. The molecule has 2 rings (SSSR count). The summed E-state index contributed by atoms with van der Waals surface area (Å²) < 4.78 is 19.1. The van der Waals surface area contributed by atoms with Crippen molar-refractivity contribution in [2.45, 2.75) is 43.9 Å². The smallest absolute Gasteiger partial charge is 0.115 e. The average Bonchev–Trinajstić information content (AvgIpc) is 2.14. The largest absolute Gasteiger partial charge is 0.375 e. The van der Waals surface area contributed by atoms with Crippen LogP contribution in [0.1, 0.15) is 32.1 Å². The molecule has 1 spiro atoms. The highest BCUT2D eigenvalue weighted by molar-refractivity contribution is 4.95. The molecule has 2 N–H and O–H groups in total. The molecule has 0 radical (unpaired) electrons. The van der Waals surface area contributed by atoms with Gasteiger partial charge in [0, 0.05) is 13.2 Å². The van der Waals surface area contributed by atoms with Gasteiger partial charge in [0.15, 0.2) is 0 Å². The van der Waals surface area contributed by atoms with Crippen LogP contribution in [0.3, 0.4) is 0 Å². The summed E-state index contributed by atoms with van der Waals surface area (Å²) in [6, 6.07) is 0. The van der Waals surface area contributed by atoms with E-state index in [0.717, 1.165) is 32.3 Å². The van der Waals surface area contributed by atoms with Crippen LogP contribution in [0.15, 0.2) is 0 Å². The molecular weight excluding hydrogens is 169 g/mol. The number of hydrogen-bond donors (Lipinski definition) is 1. The Kier molecular flexibility index (Phi) is 2.56. The molecule has 3 heteroatoms. The fraction of sp³-hybridized carbons (Fsp3) is 1.00. The highest BCUT2D eigenvalue weighted by Gasteiger charge is 2.44. The summed E-state index contributed by atoms with van der Waals surface area (Å²) in [4.78, 5) is 0. The second-order valence-electron chi connectivity index (χ2n) is 4.39. The van der Waals surface area contributed by atoms with Crippen molar-refractivity contribution in [3.63, 3.8) is 0 Å². The lowest BCUT2D eigenvalue weighted by atomic mass is 9.71. The number of ether oxygens (including phenoxy) is 1. The standard InChI is InChI=1S/C10H18FNO/c11-9(7-12)8-2-5-13-10(6-8)3-1-4-10/h8-9H,1-7,12H2. The van der Waals surface area contributed by atoms with Crippen LogP contribution in [0.2, 0.25) is 0 Å². The summed E-state index contributed by atoms with van der Waals surface area (Å²) in [5.41, 5.74) is 5.39. The summed E-state index contributed by atoms with van der Waals surface area (Å²) in [5, 5.41) is 0. The second-order valence-corrected chi connectivity index (χ2v) is 4.39. The minimum absolute atomic E-state index is 0.0580. The Labute approximate surface area is 78.6 Å². The molecule has 76 valence electrons. The van der Waals surface area contributed by atoms with E-state index in [9.17, 15) is 4.39 Å². The van der Waals surface area contributed by atoms with E-state index in [1.165, 1.54) is 6.42 Å². The first-order valence-corrected chi connectivity index (χ1v) is 5.24. The van der Waals surface area contributed by atoms with Crippen molar-refractivity contribution in [3.8, 4) is 0 Å². The van der Waals surface area contributed by atoms with Crippen LogP contribution in [0.5, 0.6) is 0 Å². The zero-order chi connectivity index (χ0) is 9.31. The summed E-state index contributed by atoms with van der Waals surface area (Å²) >= 11 is 0. The summed E-state index contributed by atoms with van der Waals surface area (Å²) in [7, 11) is 0. The molecule has 0 aromatic rings. The average molecular weight is 187 g/mol. The van der Waals surface area contributed by atoms with Crippen LogP contribution in [-0.2, 0) is 4.74 Å². The quantitative estimate of drug-likeness (QED) is 0.713. The number of rotatable bonds is 2. The zero-order valence-electron chi connectivity index (χ0n) is 7.97. The van der Waals surface area contributed by atoms with E-state index in [2.05, 4.69) is 0 Å². The van der Waals surface area contributed by atoms with E-state index in [1.807, 2.05) is 0 Å². The monoisotopic (exact) mass is 187 g/mol. The maximum Gasteiger partial charge on any atom is 0.115 e. The molecule has 2 unspecified atom stereocenters. The van der Waals surface area contributed by atoms with Crippen molar-refractivity contribution in [1.82, 2.24) is 0 Å². The molecule has 2 fully saturated rings. The molecule has 1 saturated carbocycles. The first kappa shape index (κ1) is 9.41. The Morgan fingerprint density at radius 2 is 2.31 bits per heavy atom. The topological polar surface area (TPSA) is 35.2 Å². The van der Waals surface area contributed by atoms with Crippen molar-refractivity contribution < 1.29 is 9.13 Å². The van der Waals surface area contributed by atoms with E-state index < -0.39 is 6.17 Å². The molecule has 1 aliphatic carbocycles. The van der Waals surface area contributed by atoms with Gasteiger partial charge in [-0.15, -0.1) is 0 Å². The molecule has 0 aromatic heterocycles. The predicted octanol–water partition coefficient (Wildman–Crippen LogP) is 1.63. The molecule has 2 nitrogen and oxygen atoms in total. The van der Waals surface area contributed by atoms with E-state index in [-0.39, 0.29) is 18.1 Å². The summed E-state index contributed by atoms with van der Waals surface area (Å²) in [5.74, 6) is 0.152. The van der Waals surface area contributed by atoms with Gasteiger partial charge < -0.3 is 10.5 Å². The Hall–Kier alpha value is -0.150. The van der Waals surface area contributed by atoms with Crippen molar-refractivity contribution in [2.24, 2.45) is 11.7 Å². The molecule has 2 atom stereocenters. The van der Waals surface area contributed by atoms with Gasteiger partial charge in [-0.3, -0.25) is 0 Å². The molecule has 0 bridgehead atoms. The first-order chi connectivity index (χ1) is 6.26. The Bertz CT molecular complexity index is 182. The van der Waals surface area contributed by atoms with Gasteiger partial charge in [0.05, 0.1) is 5.60 Å². The van der Waals surface area contributed by atoms with E-state index in [1.54, 1.807) is 0 Å². The highest BCUT2D eigenvalue weighted by Crippen LogP contribution is 2.45. The van der Waals surface area contributed by atoms with Gasteiger partial charge in [0.1, 0.15) is 6.17 Å². The molecule has 1 saturated heterocycles. The molecule has 1 aliphatic heterocycles. The second kappa shape index (κ2) is 3.54. The van der Waals surface area contributed by atoms with Crippen LogP contribution in [-0.4, -0.2) is 24.9 Å². The number of alkyl halides is 1. The zero-order valence-corrected chi connectivity index (χ0v) is 7.97. The van der Waals surface area contributed by atoms with Gasteiger partial charge in [-0.1, -0.05) is 0 Å². The highest BCUT2D eigenvalue weighted by atomic mass is 19.1. The van der Waals surface area contributed by atoms with Crippen molar-refractivity contribution in [2.75, 3.05) is 13.2 Å². The molecule has 0 aromatic carbocycles. The summed E-state index contributed by atoms with van der Waals surface area (Å²) in [6.45, 7) is 0.895. The van der Waals surface area contributed by atoms with E-state index in [0.29, 0.717) is 0 Å². The van der Waals surface area contributed by atoms with Crippen LogP contribution < -0.4 is 5.73 Å². The van der Waals surface area contributed by atoms with Crippen LogP contribution in [0.25, 0.3) is 0 Å². The van der Waals surface area contributed by atoms with Gasteiger partial charge in [0.2, 0.25) is 0 Å². The Balaban J connectivity index is 1.92. The molecule has 0 amide bonds. The number of nitrogens with two attached hydrogens (primary N) is 1. The van der Waals surface area contributed by atoms with Gasteiger partial charge in [-0.25, -0.2) is 4.39 Å². The van der Waals surface area contributed by atoms with Crippen LogP contribution >= 0.6 is 0 Å². The Morgan fingerprint density at radius 1 is 1.54 bits per heavy atom. The maximum absolute atomic E-state index is 13.3. The van der Waals surface area contributed by atoms with Crippen molar-refractivity contribution in [3.05, 3.63) is 0 Å². The SMILES string of the molecule is NCC(F)C1CCOC2(CCC2)C1. The lowest BCUT2D eigenvalue weighted by molar-refractivity contribution is -0.150. The lowest BCUT2D eigenvalue weighted by Crippen LogP contribution is -2.48. The first-order valence-electron chi connectivity index (χ1n) is 5.24. The van der Waals surface area contributed by atoms with Crippen LogP contribution in [0.4, 0.5) is 4.39 Å². The Morgan fingerprint density at radius 3 is 2.85 bits per heavy atom. The lowest BCUT2D eigenvalue weighted by Gasteiger charge is -2.47. The van der Waals surface area contributed by atoms with Crippen molar-refractivity contribution in [1.29, 1.82) is 0 Å². The summed E-state index contributed by atoms with van der Waals surface area (Å²) in [6.07, 6.45) is 4.42. The molecule has 2 aliphatic rings. The molecule has 13 heavy (non-hydrogen) atoms. The third kappa shape index (κ3) is 1.72. The van der Waals surface area contributed by atoms with Gasteiger partial charge in [-0.2, -0.15) is 0 Å². The third-order valence-corrected chi connectivity index (χ3v) is 3.53. The minimum atomic E-state index is -0.818. The predicted molar refractivity (Wildman–Crippen MR) is 49.2 cm³/mol.